The Morgan fingerprint density at radius 2 is 1.95 bits per heavy atom. The average Bonchev–Trinajstić information content (AvgIpc) is 2.46. The van der Waals surface area contributed by atoms with E-state index >= 15 is 0 Å². The van der Waals surface area contributed by atoms with Crippen molar-refractivity contribution in [3.8, 4) is 0 Å². The molecule has 2 atom stereocenters. The summed E-state index contributed by atoms with van der Waals surface area (Å²) in [5.41, 5.74) is 1.06. The van der Waals surface area contributed by atoms with Gasteiger partial charge in [-0.1, -0.05) is 25.3 Å². The summed E-state index contributed by atoms with van der Waals surface area (Å²) in [4.78, 5) is 13.9. The molecule has 0 bridgehead atoms. The number of rotatable bonds is 2. The molecule has 1 saturated carbocycles. The molecule has 1 heterocycles. The maximum atomic E-state index is 14.2. The highest BCUT2D eigenvalue weighted by molar-refractivity contribution is 5.99. The molecule has 1 aliphatic carbocycles. The lowest BCUT2D eigenvalue weighted by atomic mass is 9.75. The molecular formula is C17H22FNO. The minimum absolute atomic E-state index is 0.0507. The first-order valence-corrected chi connectivity index (χ1v) is 7.71. The van der Waals surface area contributed by atoms with Gasteiger partial charge in [-0.15, -0.1) is 0 Å². The van der Waals surface area contributed by atoms with Crippen LogP contribution in [0.4, 0.5) is 10.1 Å². The van der Waals surface area contributed by atoms with Crippen LogP contribution in [0.2, 0.25) is 0 Å². The van der Waals surface area contributed by atoms with Crippen LogP contribution in [0.1, 0.15) is 49.4 Å². The van der Waals surface area contributed by atoms with Crippen LogP contribution in [0.5, 0.6) is 0 Å². The van der Waals surface area contributed by atoms with Crippen LogP contribution < -0.4 is 4.90 Å². The monoisotopic (exact) mass is 275 g/mol. The first-order chi connectivity index (χ1) is 9.66. The number of ketones is 1. The largest absolute Gasteiger partial charge is 0.368 e. The second-order valence-corrected chi connectivity index (χ2v) is 6.23. The Kier molecular flexibility index (Phi) is 3.77. The molecule has 1 aromatic carbocycles. The van der Waals surface area contributed by atoms with E-state index in [1.165, 1.54) is 38.7 Å². The van der Waals surface area contributed by atoms with Crippen LogP contribution in [0.25, 0.3) is 0 Å². The van der Waals surface area contributed by atoms with Crippen LogP contribution in [-0.4, -0.2) is 18.9 Å². The number of carbonyl (C=O) groups excluding carboxylic acids is 1. The number of para-hydroxylation sites is 1. The van der Waals surface area contributed by atoms with E-state index in [-0.39, 0.29) is 11.6 Å². The van der Waals surface area contributed by atoms with Crippen molar-refractivity contribution in [3.63, 3.8) is 0 Å². The van der Waals surface area contributed by atoms with Gasteiger partial charge < -0.3 is 4.90 Å². The van der Waals surface area contributed by atoms with E-state index in [1.54, 1.807) is 12.1 Å². The van der Waals surface area contributed by atoms with Gasteiger partial charge in [0.05, 0.1) is 5.69 Å². The molecule has 1 aliphatic heterocycles. The molecule has 0 spiro atoms. The molecular weight excluding hydrogens is 253 g/mol. The van der Waals surface area contributed by atoms with Crippen molar-refractivity contribution in [2.75, 3.05) is 18.0 Å². The lowest BCUT2D eigenvalue weighted by Crippen LogP contribution is -2.42. The van der Waals surface area contributed by atoms with Crippen LogP contribution >= 0.6 is 0 Å². The van der Waals surface area contributed by atoms with Gasteiger partial charge in [-0.2, -0.15) is 0 Å². The molecule has 20 heavy (non-hydrogen) atoms. The van der Waals surface area contributed by atoms with Crippen molar-refractivity contribution in [3.05, 3.63) is 29.6 Å². The summed E-state index contributed by atoms with van der Waals surface area (Å²) >= 11 is 0. The molecule has 0 radical (unpaired) electrons. The van der Waals surface area contributed by atoms with Gasteiger partial charge in [-0.05, 0) is 43.7 Å². The van der Waals surface area contributed by atoms with Crippen molar-refractivity contribution < 1.29 is 9.18 Å². The Morgan fingerprint density at radius 1 is 1.20 bits per heavy atom. The van der Waals surface area contributed by atoms with Gasteiger partial charge in [-0.3, -0.25) is 4.79 Å². The summed E-state index contributed by atoms with van der Waals surface area (Å²) in [6.07, 6.45) is 6.36. The fraction of sp³-hybridized carbons (Fsp3) is 0.588. The Balaban J connectivity index is 1.88. The van der Waals surface area contributed by atoms with Gasteiger partial charge in [0.15, 0.2) is 5.78 Å². The van der Waals surface area contributed by atoms with E-state index < -0.39 is 0 Å². The Labute approximate surface area is 120 Å². The highest BCUT2D eigenvalue weighted by Gasteiger charge is 2.33. The van der Waals surface area contributed by atoms with Gasteiger partial charge in [0.2, 0.25) is 0 Å². The summed E-state index contributed by atoms with van der Waals surface area (Å²) in [7, 11) is 0. The number of anilines is 1. The maximum Gasteiger partial charge on any atom is 0.161 e. The van der Waals surface area contributed by atoms with Crippen LogP contribution in [0, 0.1) is 17.7 Å². The van der Waals surface area contributed by atoms with E-state index in [0.29, 0.717) is 17.2 Å². The zero-order chi connectivity index (χ0) is 14.1. The number of hydrogen-bond donors (Lipinski definition) is 0. The molecule has 1 saturated heterocycles. The molecule has 0 N–H and O–H groups in total. The average molecular weight is 275 g/mol. The van der Waals surface area contributed by atoms with Crippen molar-refractivity contribution in [2.45, 2.75) is 39.0 Å². The van der Waals surface area contributed by atoms with Crippen LogP contribution in [0.3, 0.4) is 0 Å². The van der Waals surface area contributed by atoms with Gasteiger partial charge in [0.25, 0.3) is 0 Å². The highest BCUT2D eigenvalue weighted by Crippen LogP contribution is 2.38. The van der Waals surface area contributed by atoms with E-state index in [2.05, 4.69) is 4.90 Å². The molecule has 0 amide bonds. The van der Waals surface area contributed by atoms with Crippen molar-refractivity contribution in [1.82, 2.24) is 0 Å². The molecule has 2 unspecified atom stereocenters. The lowest BCUT2D eigenvalue weighted by Gasteiger charge is -2.42. The molecule has 1 aromatic rings. The molecule has 3 rings (SSSR count). The topological polar surface area (TPSA) is 20.3 Å². The number of Topliss-reactive ketones (excluding diaryl/α,β-unsaturated/α-hetero) is 1. The number of benzene rings is 1. The fourth-order valence-corrected chi connectivity index (χ4v) is 3.92. The van der Waals surface area contributed by atoms with Crippen molar-refractivity contribution in [2.24, 2.45) is 11.8 Å². The lowest BCUT2D eigenvalue weighted by molar-refractivity contribution is 0.101. The quantitative estimate of drug-likeness (QED) is 0.759. The number of carbonyl (C=O) groups is 1. The maximum absolute atomic E-state index is 14.2. The third-order valence-corrected chi connectivity index (χ3v) is 4.97. The third-order valence-electron chi connectivity index (χ3n) is 4.97. The summed E-state index contributed by atoms with van der Waals surface area (Å²) < 4.78 is 14.2. The normalized spacial score (nSPS) is 26.2. The molecule has 2 nitrogen and oxygen atoms in total. The Morgan fingerprint density at radius 3 is 2.70 bits per heavy atom. The van der Waals surface area contributed by atoms with Gasteiger partial charge in [0, 0.05) is 18.7 Å². The number of piperidine rings is 1. The van der Waals surface area contributed by atoms with E-state index in [1.807, 2.05) is 0 Å². The number of halogens is 1. The predicted octanol–water partition coefficient (Wildman–Crippen LogP) is 4.04. The van der Waals surface area contributed by atoms with Gasteiger partial charge >= 0.3 is 0 Å². The molecule has 108 valence electrons. The summed E-state index contributed by atoms with van der Waals surface area (Å²) in [6.45, 7) is 3.31. The highest BCUT2D eigenvalue weighted by atomic mass is 19.1. The predicted molar refractivity (Wildman–Crippen MR) is 78.7 cm³/mol. The van der Waals surface area contributed by atoms with Crippen LogP contribution in [-0.2, 0) is 0 Å². The minimum Gasteiger partial charge on any atom is -0.368 e. The van der Waals surface area contributed by atoms with E-state index in [4.69, 9.17) is 0 Å². The molecule has 0 aromatic heterocycles. The zero-order valence-electron chi connectivity index (χ0n) is 12.1. The van der Waals surface area contributed by atoms with Gasteiger partial charge in [-0.25, -0.2) is 4.39 Å². The standard InChI is InChI=1S/C17H22FNO/c1-12(20)15-7-4-8-16(18)17(15)19-10-9-13-5-2-3-6-14(13)11-19/h4,7-8,13-14H,2-3,5-6,9-11H2,1H3. The first-order valence-electron chi connectivity index (χ1n) is 7.71. The smallest absolute Gasteiger partial charge is 0.161 e. The number of fused-ring (bicyclic) bond motifs is 1. The zero-order valence-corrected chi connectivity index (χ0v) is 12.1. The minimum atomic E-state index is -0.257. The van der Waals surface area contributed by atoms with Crippen LogP contribution in [0.15, 0.2) is 18.2 Å². The van der Waals surface area contributed by atoms with Crippen molar-refractivity contribution in [1.29, 1.82) is 0 Å². The summed E-state index contributed by atoms with van der Waals surface area (Å²) in [6, 6.07) is 4.84. The molecule has 2 fully saturated rings. The number of nitrogens with zero attached hydrogens (tertiary/aromatic N) is 1. The second kappa shape index (κ2) is 5.55. The van der Waals surface area contributed by atoms with Crippen molar-refractivity contribution >= 4 is 11.5 Å². The SMILES string of the molecule is CC(=O)c1cccc(F)c1N1CCC2CCCCC2C1. The van der Waals surface area contributed by atoms with Gasteiger partial charge in [0.1, 0.15) is 5.82 Å². The third kappa shape index (κ3) is 2.46. The Bertz CT molecular complexity index is 514. The second-order valence-electron chi connectivity index (χ2n) is 6.23. The fourth-order valence-electron chi connectivity index (χ4n) is 3.92. The van der Waals surface area contributed by atoms with E-state index in [0.717, 1.165) is 25.4 Å². The number of hydrogen-bond acceptors (Lipinski definition) is 2. The Hall–Kier alpha value is -1.38. The van der Waals surface area contributed by atoms with E-state index in [9.17, 15) is 9.18 Å². The first kappa shape index (κ1) is 13.6. The molecule has 2 aliphatic rings. The molecule has 3 heteroatoms. The summed E-state index contributed by atoms with van der Waals surface area (Å²) in [5.74, 6) is 1.18. The summed E-state index contributed by atoms with van der Waals surface area (Å²) in [5, 5.41) is 0.